The number of ether oxygens (including phenoxy) is 1. The molecule has 7 heteroatoms. The SMILES string of the molecule is COC(=O)CCC(C)[C@H]1CCC2C3C(O)C[C@@H]4C[C@@H](NCCCNCCCCNCCCN)CC[C@]4(C)C3CC[C@@]21C. The molecule has 4 rings (SSSR count). The van der Waals surface area contributed by atoms with E-state index < -0.39 is 0 Å². The maximum absolute atomic E-state index is 11.8. The lowest BCUT2D eigenvalue weighted by atomic mass is 9.43. The van der Waals surface area contributed by atoms with Crippen LogP contribution in [0.25, 0.3) is 0 Å². The first-order valence-electron chi connectivity index (χ1n) is 17.8. The average Bonchev–Trinajstić information content (AvgIpc) is 3.34. The van der Waals surface area contributed by atoms with Crippen LogP contribution in [0.1, 0.15) is 111 Å². The van der Waals surface area contributed by atoms with Gasteiger partial charge < -0.3 is 31.5 Å². The topological polar surface area (TPSA) is 109 Å². The monoisotopic (exact) mass is 591 g/mol. The standard InChI is InChI=1S/C35H66N4O3/c1-25(9-12-32(41)42-4)28-10-11-29-33-30(14-16-35(28,29)3)34(2)15-13-27(23-26(34)24-31(33)40)39-22-8-21-38-19-6-5-18-37-20-7-17-36/h25-31,33,37-40H,5-24,36H2,1-4H3/t25?,26-,27-,28+,29?,30?,31?,33?,34-,35+/m0/s1. The number of aliphatic hydroxyl groups excluding tert-OH is 1. The van der Waals surface area contributed by atoms with Crippen molar-refractivity contribution in [2.45, 2.75) is 123 Å². The van der Waals surface area contributed by atoms with Crippen LogP contribution in [0.15, 0.2) is 0 Å². The van der Waals surface area contributed by atoms with Crippen LogP contribution in [-0.2, 0) is 9.53 Å². The van der Waals surface area contributed by atoms with Gasteiger partial charge in [-0.3, -0.25) is 4.79 Å². The smallest absolute Gasteiger partial charge is 0.305 e. The van der Waals surface area contributed by atoms with Gasteiger partial charge in [-0.15, -0.1) is 0 Å². The normalized spacial score (nSPS) is 38.4. The predicted octanol–water partition coefficient (Wildman–Crippen LogP) is 4.86. The fourth-order valence-electron chi connectivity index (χ4n) is 10.5. The molecule has 0 aromatic rings. The summed E-state index contributed by atoms with van der Waals surface area (Å²) in [5.74, 6) is 3.49. The molecule has 4 aliphatic rings. The third-order valence-corrected chi connectivity index (χ3v) is 13.0. The highest BCUT2D eigenvalue weighted by atomic mass is 16.5. The average molecular weight is 591 g/mol. The lowest BCUT2D eigenvalue weighted by Gasteiger charge is -2.62. The van der Waals surface area contributed by atoms with Crippen molar-refractivity contribution in [3.8, 4) is 0 Å². The molecule has 0 aromatic carbocycles. The van der Waals surface area contributed by atoms with E-state index >= 15 is 0 Å². The number of nitrogens with two attached hydrogens (primary N) is 1. The molecule has 10 atom stereocenters. The predicted molar refractivity (Wildman–Crippen MR) is 172 cm³/mol. The molecule has 4 fully saturated rings. The van der Waals surface area contributed by atoms with E-state index in [1.54, 1.807) is 0 Å². The number of unbranched alkanes of at least 4 members (excludes halogenated alkanes) is 1. The lowest BCUT2D eigenvalue weighted by Crippen LogP contribution is -2.59. The molecule has 7 nitrogen and oxygen atoms in total. The highest BCUT2D eigenvalue weighted by Crippen LogP contribution is 2.68. The second-order valence-electron chi connectivity index (χ2n) is 15.2. The van der Waals surface area contributed by atoms with Crippen LogP contribution in [0, 0.1) is 46.3 Å². The van der Waals surface area contributed by atoms with Crippen molar-refractivity contribution in [1.82, 2.24) is 16.0 Å². The van der Waals surface area contributed by atoms with Crippen LogP contribution in [0.5, 0.6) is 0 Å². The van der Waals surface area contributed by atoms with Crippen molar-refractivity contribution in [3.63, 3.8) is 0 Å². The Labute approximate surface area is 257 Å². The van der Waals surface area contributed by atoms with E-state index in [9.17, 15) is 9.90 Å². The summed E-state index contributed by atoms with van der Waals surface area (Å²) >= 11 is 0. The molecule has 244 valence electrons. The number of rotatable bonds is 17. The Hall–Kier alpha value is -0.730. The van der Waals surface area contributed by atoms with Crippen molar-refractivity contribution in [2.75, 3.05) is 46.4 Å². The van der Waals surface area contributed by atoms with Gasteiger partial charge in [0.25, 0.3) is 0 Å². The van der Waals surface area contributed by atoms with Gasteiger partial charge in [-0.05, 0) is 169 Å². The van der Waals surface area contributed by atoms with Crippen LogP contribution in [0.3, 0.4) is 0 Å². The molecular formula is C35H66N4O3. The molecule has 42 heavy (non-hydrogen) atoms. The Morgan fingerprint density at radius 3 is 2.29 bits per heavy atom. The number of fused-ring (bicyclic) bond motifs is 5. The summed E-state index contributed by atoms with van der Waals surface area (Å²) < 4.78 is 4.93. The summed E-state index contributed by atoms with van der Waals surface area (Å²) in [4.78, 5) is 11.8. The number of methoxy groups -OCH3 is 1. The van der Waals surface area contributed by atoms with E-state index in [2.05, 4.69) is 36.7 Å². The molecule has 0 bridgehead atoms. The zero-order chi connectivity index (χ0) is 30.2. The number of hydrogen-bond acceptors (Lipinski definition) is 7. The third-order valence-electron chi connectivity index (χ3n) is 13.0. The second-order valence-corrected chi connectivity index (χ2v) is 15.2. The van der Waals surface area contributed by atoms with Crippen LogP contribution in [0.2, 0.25) is 0 Å². The third kappa shape index (κ3) is 7.91. The minimum absolute atomic E-state index is 0.0810. The fraction of sp³-hybridized carbons (Fsp3) is 0.971. The minimum atomic E-state index is -0.152. The van der Waals surface area contributed by atoms with Gasteiger partial charge in [-0.2, -0.15) is 0 Å². The molecule has 0 saturated heterocycles. The van der Waals surface area contributed by atoms with Crippen molar-refractivity contribution in [3.05, 3.63) is 0 Å². The fourth-order valence-corrected chi connectivity index (χ4v) is 10.5. The van der Waals surface area contributed by atoms with Gasteiger partial charge in [0, 0.05) is 12.5 Å². The highest BCUT2D eigenvalue weighted by Gasteiger charge is 2.62. The largest absolute Gasteiger partial charge is 0.469 e. The Morgan fingerprint density at radius 1 is 0.905 bits per heavy atom. The number of carbonyl (C=O) groups excluding carboxylic acids is 1. The molecule has 0 radical (unpaired) electrons. The van der Waals surface area contributed by atoms with E-state index in [4.69, 9.17) is 10.5 Å². The Morgan fingerprint density at radius 2 is 1.57 bits per heavy atom. The zero-order valence-corrected chi connectivity index (χ0v) is 27.6. The molecule has 6 N–H and O–H groups in total. The molecule has 0 aliphatic heterocycles. The first-order valence-corrected chi connectivity index (χ1v) is 17.8. The van der Waals surface area contributed by atoms with Gasteiger partial charge in [0.1, 0.15) is 0 Å². The van der Waals surface area contributed by atoms with Gasteiger partial charge >= 0.3 is 5.97 Å². The number of esters is 1. The van der Waals surface area contributed by atoms with E-state index in [-0.39, 0.29) is 12.1 Å². The quantitative estimate of drug-likeness (QED) is 0.122. The first-order chi connectivity index (χ1) is 20.2. The summed E-state index contributed by atoms with van der Waals surface area (Å²) in [6, 6.07) is 0.604. The Balaban J connectivity index is 1.20. The summed E-state index contributed by atoms with van der Waals surface area (Å²) in [5, 5.41) is 22.7. The van der Waals surface area contributed by atoms with Crippen LogP contribution in [0.4, 0.5) is 0 Å². The van der Waals surface area contributed by atoms with E-state index in [0.717, 1.165) is 58.5 Å². The summed E-state index contributed by atoms with van der Waals surface area (Å²) in [6.45, 7) is 13.7. The molecule has 0 amide bonds. The highest BCUT2D eigenvalue weighted by molar-refractivity contribution is 5.69. The number of nitrogens with one attached hydrogen (secondary N) is 3. The maximum Gasteiger partial charge on any atom is 0.305 e. The number of hydrogen-bond donors (Lipinski definition) is 5. The van der Waals surface area contributed by atoms with Crippen molar-refractivity contribution in [1.29, 1.82) is 0 Å². The Bertz CT molecular complexity index is 828. The lowest BCUT2D eigenvalue weighted by molar-refractivity contribution is -0.167. The minimum Gasteiger partial charge on any atom is -0.469 e. The van der Waals surface area contributed by atoms with Crippen LogP contribution < -0.4 is 21.7 Å². The Kier molecular flexibility index (Phi) is 13.0. The molecule has 5 unspecified atom stereocenters. The molecule has 0 aromatic heterocycles. The van der Waals surface area contributed by atoms with Crippen molar-refractivity contribution < 1.29 is 14.6 Å². The van der Waals surface area contributed by atoms with Gasteiger partial charge in [0.2, 0.25) is 0 Å². The van der Waals surface area contributed by atoms with Crippen molar-refractivity contribution >= 4 is 5.97 Å². The maximum atomic E-state index is 11.8. The van der Waals surface area contributed by atoms with Gasteiger partial charge in [-0.25, -0.2) is 0 Å². The summed E-state index contributed by atoms with van der Waals surface area (Å²) in [5.41, 5.74) is 6.21. The molecule has 4 aliphatic carbocycles. The number of aliphatic hydroxyl groups is 1. The van der Waals surface area contributed by atoms with E-state index in [1.165, 1.54) is 71.3 Å². The molecular weight excluding hydrogens is 524 g/mol. The van der Waals surface area contributed by atoms with E-state index in [0.29, 0.717) is 58.8 Å². The molecule has 4 saturated carbocycles. The van der Waals surface area contributed by atoms with Gasteiger partial charge in [0.05, 0.1) is 13.2 Å². The van der Waals surface area contributed by atoms with Gasteiger partial charge in [0.15, 0.2) is 0 Å². The second kappa shape index (κ2) is 16.0. The first kappa shape index (κ1) is 34.1. The summed E-state index contributed by atoms with van der Waals surface area (Å²) in [7, 11) is 1.50. The van der Waals surface area contributed by atoms with Crippen LogP contribution in [-0.4, -0.2) is 69.6 Å². The van der Waals surface area contributed by atoms with Crippen LogP contribution >= 0.6 is 0 Å². The number of carbonyl (C=O) groups is 1. The summed E-state index contributed by atoms with van der Waals surface area (Å²) in [6.07, 6.45) is 15.9. The zero-order valence-electron chi connectivity index (χ0n) is 27.6. The molecule has 0 heterocycles. The molecule has 0 spiro atoms. The van der Waals surface area contributed by atoms with Crippen molar-refractivity contribution in [2.24, 2.45) is 52.1 Å². The van der Waals surface area contributed by atoms with Gasteiger partial charge in [-0.1, -0.05) is 20.8 Å². The van der Waals surface area contributed by atoms with E-state index in [1.807, 2.05) is 0 Å².